The molecule has 3 rings (SSSR count). The molecule has 0 aromatic heterocycles. The first-order valence-corrected chi connectivity index (χ1v) is 8.26. The fourth-order valence-corrected chi connectivity index (χ4v) is 3.10. The van der Waals surface area contributed by atoms with E-state index in [1.54, 1.807) is 0 Å². The molecule has 0 radical (unpaired) electrons. The van der Waals surface area contributed by atoms with Crippen molar-refractivity contribution in [1.29, 1.82) is 0 Å². The number of hydrogen-bond acceptors (Lipinski definition) is 2. The molecular weight excluding hydrogens is 284 g/mol. The van der Waals surface area contributed by atoms with E-state index in [0.29, 0.717) is 0 Å². The standard InChI is InChI=1S/C20H24N2O/c1-14-4-5-16(3)19(12-14)20(23)21-17-6-8-18(9-7-17)22-11-10-15(2)13-22/h4-9,12,15H,10-11,13H2,1-3H3,(H,21,23). The number of nitrogens with one attached hydrogen (secondary N) is 1. The van der Waals surface area contributed by atoms with Crippen LogP contribution in [0.1, 0.15) is 34.8 Å². The summed E-state index contributed by atoms with van der Waals surface area (Å²) in [5.41, 5.74) is 4.91. The van der Waals surface area contributed by atoms with Crippen molar-refractivity contribution in [3.05, 3.63) is 59.2 Å². The monoisotopic (exact) mass is 308 g/mol. The first-order valence-electron chi connectivity index (χ1n) is 8.26. The Morgan fingerprint density at radius 1 is 1.13 bits per heavy atom. The molecule has 1 amide bonds. The van der Waals surface area contributed by atoms with E-state index < -0.39 is 0 Å². The highest BCUT2D eigenvalue weighted by Crippen LogP contribution is 2.25. The Hall–Kier alpha value is -2.29. The Labute approximate surface area is 138 Å². The number of benzene rings is 2. The molecule has 0 aliphatic carbocycles. The van der Waals surface area contributed by atoms with Gasteiger partial charge in [-0.1, -0.05) is 24.6 Å². The van der Waals surface area contributed by atoms with Crippen LogP contribution in [0.4, 0.5) is 11.4 Å². The fourth-order valence-electron chi connectivity index (χ4n) is 3.10. The average Bonchev–Trinajstić information content (AvgIpc) is 2.97. The lowest BCUT2D eigenvalue weighted by molar-refractivity contribution is 0.102. The second kappa shape index (κ2) is 6.45. The average molecular weight is 308 g/mol. The van der Waals surface area contributed by atoms with Gasteiger partial charge in [0.05, 0.1) is 0 Å². The van der Waals surface area contributed by atoms with Gasteiger partial charge in [0, 0.05) is 30.0 Å². The van der Waals surface area contributed by atoms with Gasteiger partial charge in [-0.3, -0.25) is 4.79 Å². The Morgan fingerprint density at radius 2 is 1.87 bits per heavy atom. The van der Waals surface area contributed by atoms with Crippen molar-refractivity contribution >= 4 is 17.3 Å². The van der Waals surface area contributed by atoms with Gasteiger partial charge in [0.1, 0.15) is 0 Å². The summed E-state index contributed by atoms with van der Waals surface area (Å²) in [5, 5.41) is 3.00. The second-order valence-electron chi connectivity index (χ2n) is 6.66. The molecule has 23 heavy (non-hydrogen) atoms. The van der Waals surface area contributed by atoms with Crippen LogP contribution in [0.2, 0.25) is 0 Å². The summed E-state index contributed by atoms with van der Waals surface area (Å²) in [6.07, 6.45) is 1.26. The Kier molecular flexibility index (Phi) is 4.37. The molecule has 1 heterocycles. The Bertz CT molecular complexity index is 706. The Morgan fingerprint density at radius 3 is 2.52 bits per heavy atom. The zero-order chi connectivity index (χ0) is 16.4. The number of amides is 1. The van der Waals surface area contributed by atoms with E-state index in [4.69, 9.17) is 0 Å². The van der Waals surface area contributed by atoms with E-state index in [1.165, 1.54) is 12.1 Å². The van der Waals surface area contributed by atoms with Crippen LogP contribution in [0.15, 0.2) is 42.5 Å². The summed E-state index contributed by atoms with van der Waals surface area (Å²) in [5.74, 6) is 0.715. The number of carbonyl (C=O) groups is 1. The molecule has 1 unspecified atom stereocenters. The zero-order valence-corrected chi connectivity index (χ0v) is 14.1. The third kappa shape index (κ3) is 3.55. The third-order valence-corrected chi connectivity index (χ3v) is 4.55. The molecule has 0 spiro atoms. The highest BCUT2D eigenvalue weighted by atomic mass is 16.1. The van der Waals surface area contributed by atoms with Gasteiger partial charge >= 0.3 is 0 Å². The van der Waals surface area contributed by atoms with Crippen LogP contribution in [0.5, 0.6) is 0 Å². The minimum Gasteiger partial charge on any atom is -0.371 e. The van der Waals surface area contributed by atoms with Crippen LogP contribution in [-0.4, -0.2) is 19.0 Å². The van der Waals surface area contributed by atoms with Crippen LogP contribution >= 0.6 is 0 Å². The normalized spacial score (nSPS) is 17.3. The first kappa shape index (κ1) is 15.6. The van der Waals surface area contributed by atoms with Crippen molar-refractivity contribution < 1.29 is 4.79 Å². The van der Waals surface area contributed by atoms with Gasteiger partial charge in [-0.25, -0.2) is 0 Å². The predicted octanol–water partition coefficient (Wildman–Crippen LogP) is 4.40. The van der Waals surface area contributed by atoms with Crippen molar-refractivity contribution in [1.82, 2.24) is 0 Å². The highest BCUT2D eigenvalue weighted by Gasteiger charge is 2.18. The fraction of sp³-hybridized carbons (Fsp3) is 0.350. The summed E-state index contributed by atoms with van der Waals surface area (Å²) < 4.78 is 0. The molecular formula is C20H24N2O. The van der Waals surface area contributed by atoms with Gasteiger partial charge in [-0.05, 0) is 62.1 Å². The van der Waals surface area contributed by atoms with Crippen molar-refractivity contribution in [2.45, 2.75) is 27.2 Å². The number of hydrogen-bond donors (Lipinski definition) is 1. The maximum atomic E-state index is 12.4. The van der Waals surface area contributed by atoms with Crippen LogP contribution in [0.3, 0.4) is 0 Å². The van der Waals surface area contributed by atoms with Crippen LogP contribution < -0.4 is 10.2 Å². The van der Waals surface area contributed by atoms with Crippen molar-refractivity contribution in [3.63, 3.8) is 0 Å². The minimum absolute atomic E-state index is 0.0475. The number of nitrogens with zero attached hydrogens (tertiary/aromatic N) is 1. The molecule has 0 bridgehead atoms. The van der Waals surface area contributed by atoms with Gasteiger partial charge in [-0.2, -0.15) is 0 Å². The van der Waals surface area contributed by atoms with Crippen LogP contribution in [0, 0.1) is 19.8 Å². The smallest absolute Gasteiger partial charge is 0.255 e. The topological polar surface area (TPSA) is 32.3 Å². The van der Waals surface area contributed by atoms with E-state index in [0.717, 1.165) is 41.4 Å². The van der Waals surface area contributed by atoms with Crippen LogP contribution in [0.25, 0.3) is 0 Å². The highest BCUT2D eigenvalue weighted by molar-refractivity contribution is 6.05. The maximum absolute atomic E-state index is 12.4. The molecule has 1 fully saturated rings. The molecule has 1 aliphatic rings. The van der Waals surface area contributed by atoms with E-state index >= 15 is 0 Å². The molecule has 1 aliphatic heterocycles. The molecule has 1 saturated heterocycles. The van der Waals surface area contributed by atoms with Crippen LogP contribution in [-0.2, 0) is 0 Å². The lowest BCUT2D eigenvalue weighted by atomic mass is 10.0. The maximum Gasteiger partial charge on any atom is 0.255 e. The van der Waals surface area contributed by atoms with Crippen molar-refractivity contribution in [2.24, 2.45) is 5.92 Å². The van der Waals surface area contributed by atoms with Gasteiger partial charge in [0.25, 0.3) is 5.91 Å². The van der Waals surface area contributed by atoms with E-state index in [-0.39, 0.29) is 5.91 Å². The molecule has 2 aromatic carbocycles. The molecule has 0 saturated carbocycles. The molecule has 1 N–H and O–H groups in total. The van der Waals surface area contributed by atoms with Gasteiger partial charge in [0.15, 0.2) is 0 Å². The second-order valence-corrected chi connectivity index (χ2v) is 6.66. The molecule has 1 atom stereocenters. The SMILES string of the molecule is Cc1ccc(C)c(C(=O)Nc2ccc(N3CCC(C)C3)cc2)c1. The van der Waals surface area contributed by atoms with E-state index in [2.05, 4.69) is 29.3 Å². The summed E-state index contributed by atoms with van der Waals surface area (Å²) in [6, 6.07) is 14.1. The zero-order valence-electron chi connectivity index (χ0n) is 14.1. The third-order valence-electron chi connectivity index (χ3n) is 4.55. The van der Waals surface area contributed by atoms with E-state index in [9.17, 15) is 4.79 Å². The van der Waals surface area contributed by atoms with Gasteiger partial charge in [-0.15, -0.1) is 0 Å². The lowest BCUT2D eigenvalue weighted by Crippen LogP contribution is -2.19. The summed E-state index contributed by atoms with van der Waals surface area (Å²) in [4.78, 5) is 14.9. The number of aryl methyl sites for hydroxylation is 2. The first-order chi connectivity index (χ1) is 11.0. The van der Waals surface area contributed by atoms with Gasteiger partial charge in [0.2, 0.25) is 0 Å². The largest absolute Gasteiger partial charge is 0.371 e. The van der Waals surface area contributed by atoms with Crippen molar-refractivity contribution in [3.8, 4) is 0 Å². The molecule has 120 valence electrons. The quantitative estimate of drug-likeness (QED) is 0.911. The number of carbonyl (C=O) groups excluding carboxylic acids is 1. The van der Waals surface area contributed by atoms with Crippen molar-refractivity contribution in [2.75, 3.05) is 23.3 Å². The molecule has 3 nitrogen and oxygen atoms in total. The number of anilines is 2. The number of rotatable bonds is 3. The molecule has 3 heteroatoms. The summed E-state index contributed by atoms with van der Waals surface area (Å²) >= 11 is 0. The minimum atomic E-state index is -0.0475. The Balaban J connectivity index is 1.70. The predicted molar refractivity (Wildman–Crippen MR) is 96.3 cm³/mol. The molecule has 2 aromatic rings. The lowest BCUT2D eigenvalue weighted by Gasteiger charge is -2.18. The summed E-state index contributed by atoms with van der Waals surface area (Å²) in [6.45, 7) is 8.50. The van der Waals surface area contributed by atoms with E-state index in [1.807, 2.05) is 44.2 Å². The summed E-state index contributed by atoms with van der Waals surface area (Å²) in [7, 11) is 0. The van der Waals surface area contributed by atoms with Gasteiger partial charge < -0.3 is 10.2 Å².